The highest BCUT2D eigenvalue weighted by Crippen LogP contribution is 2.17. The molecule has 130 valence electrons. The molecular weight excluding hydrogens is 391 g/mol. The van der Waals surface area contributed by atoms with E-state index in [0.29, 0.717) is 6.04 Å². The Morgan fingerprint density at radius 2 is 1.86 bits per heavy atom. The number of rotatable bonds is 4. The van der Waals surface area contributed by atoms with Crippen LogP contribution in [0.25, 0.3) is 0 Å². The molecule has 2 aliphatic heterocycles. The SMILES string of the molecule is CCNC(=NCC1CCCCN1CC)N1CCC(O)CC1.I. The Morgan fingerprint density at radius 3 is 2.50 bits per heavy atom. The van der Waals surface area contributed by atoms with E-state index in [-0.39, 0.29) is 30.1 Å². The maximum absolute atomic E-state index is 9.65. The number of aliphatic hydroxyl groups is 1. The van der Waals surface area contributed by atoms with Crippen molar-refractivity contribution in [2.75, 3.05) is 39.3 Å². The fourth-order valence-electron chi connectivity index (χ4n) is 3.38. The zero-order chi connectivity index (χ0) is 15.1. The second kappa shape index (κ2) is 10.6. The van der Waals surface area contributed by atoms with Gasteiger partial charge in [-0.15, -0.1) is 24.0 Å². The van der Waals surface area contributed by atoms with Crippen LogP contribution < -0.4 is 5.32 Å². The number of guanidine groups is 1. The van der Waals surface area contributed by atoms with Crippen LogP contribution in [-0.4, -0.2) is 72.3 Å². The van der Waals surface area contributed by atoms with Gasteiger partial charge in [-0.05, 0) is 45.7 Å². The number of aliphatic imine (C=N–C) groups is 1. The number of piperidine rings is 2. The van der Waals surface area contributed by atoms with Crippen molar-refractivity contribution in [3.8, 4) is 0 Å². The summed E-state index contributed by atoms with van der Waals surface area (Å²) in [4.78, 5) is 9.76. The van der Waals surface area contributed by atoms with Gasteiger partial charge in [-0.25, -0.2) is 0 Å². The van der Waals surface area contributed by atoms with E-state index in [1.165, 1.54) is 25.8 Å². The standard InChI is InChI=1S/C16H32N4O.HI/c1-3-17-16(20-11-8-15(21)9-12-20)18-13-14-7-5-6-10-19(14)4-2;/h14-15,21H,3-13H2,1-2H3,(H,17,18);1H. The topological polar surface area (TPSA) is 51.1 Å². The van der Waals surface area contributed by atoms with Crippen molar-refractivity contribution < 1.29 is 5.11 Å². The molecule has 2 rings (SSSR count). The molecule has 2 heterocycles. The normalized spacial score (nSPS) is 25.0. The lowest BCUT2D eigenvalue weighted by atomic mass is 10.0. The minimum Gasteiger partial charge on any atom is -0.393 e. The third kappa shape index (κ3) is 5.85. The Bertz CT molecular complexity index is 332. The maximum Gasteiger partial charge on any atom is 0.193 e. The van der Waals surface area contributed by atoms with Crippen LogP contribution >= 0.6 is 24.0 Å². The quantitative estimate of drug-likeness (QED) is 0.411. The van der Waals surface area contributed by atoms with Crippen molar-refractivity contribution in [3.05, 3.63) is 0 Å². The highest BCUT2D eigenvalue weighted by atomic mass is 127. The Kier molecular flexibility index (Phi) is 9.66. The summed E-state index contributed by atoms with van der Waals surface area (Å²) in [5.41, 5.74) is 0. The van der Waals surface area contributed by atoms with Gasteiger partial charge in [0.15, 0.2) is 5.96 Å². The Morgan fingerprint density at radius 1 is 1.14 bits per heavy atom. The number of aliphatic hydroxyl groups excluding tert-OH is 1. The second-order valence-corrected chi connectivity index (χ2v) is 6.19. The zero-order valence-electron chi connectivity index (χ0n) is 14.1. The minimum atomic E-state index is -0.127. The molecule has 6 heteroatoms. The lowest BCUT2D eigenvalue weighted by molar-refractivity contribution is 0.107. The molecule has 0 aromatic heterocycles. The number of nitrogens with zero attached hydrogens (tertiary/aromatic N) is 3. The van der Waals surface area contributed by atoms with Crippen LogP contribution in [0, 0.1) is 0 Å². The number of hydrogen-bond acceptors (Lipinski definition) is 3. The number of halogens is 1. The van der Waals surface area contributed by atoms with Crippen molar-refractivity contribution >= 4 is 29.9 Å². The third-order valence-electron chi connectivity index (χ3n) is 4.71. The summed E-state index contributed by atoms with van der Waals surface area (Å²) in [6.45, 7) is 10.3. The first-order valence-corrected chi connectivity index (χ1v) is 8.70. The predicted molar refractivity (Wildman–Crippen MR) is 103 cm³/mol. The van der Waals surface area contributed by atoms with E-state index in [2.05, 4.69) is 29.0 Å². The fraction of sp³-hybridized carbons (Fsp3) is 0.938. The van der Waals surface area contributed by atoms with Gasteiger partial charge in [0.2, 0.25) is 0 Å². The average Bonchev–Trinajstić information content (AvgIpc) is 2.52. The molecular formula is C16H33IN4O. The first-order chi connectivity index (χ1) is 10.2. The molecule has 5 nitrogen and oxygen atoms in total. The molecule has 2 aliphatic rings. The summed E-state index contributed by atoms with van der Waals surface area (Å²) in [5.74, 6) is 1.03. The molecule has 0 aromatic rings. The van der Waals surface area contributed by atoms with E-state index < -0.39 is 0 Å². The van der Waals surface area contributed by atoms with Crippen molar-refractivity contribution in [2.24, 2.45) is 4.99 Å². The summed E-state index contributed by atoms with van der Waals surface area (Å²) in [6.07, 6.45) is 5.53. The van der Waals surface area contributed by atoms with Crippen LogP contribution in [0.2, 0.25) is 0 Å². The van der Waals surface area contributed by atoms with Gasteiger partial charge in [0, 0.05) is 25.7 Å². The van der Waals surface area contributed by atoms with Crippen LogP contribution in [0.1, 0.15) is 46.0 Å². The van der Waals surface area contributed by atoms with Crippen LogP contribution in [-0.2, 0) is 0 Å². The first-order valence-electron chi connectivity index (χ1n) is 8.70. The zero-order valence-corrected chi connectivity index (χ0v) is 16.5. The molecule has 0 aliphatic carbocycles. The molecule has 0 radical (unpaired) electrons. The number of likely N-dealkylation sites (tertiary alicyclic amines) is 2. The van der Waals surface area contributed by atoms with Gasteiger partial charge in [-0.1, -0.05) is 13.3 Å². The third-order valence-corrected chi connectivity index (χ3v) is 4.71. The van der Waals surface area contributed by atoms with E-state index in [1.54, 1.807) is 0 Å². The van der Waals surface area contributed by atoms with Gasteiger partial charge in [0.25, 0.3) is 0 Å². The molecule has 2 N–H and O–H groups in total. The number of nitrogens with one attached hydrogen (secondary N) is 1. The molecule has 0 amide bonds. The van der Waals surface area contributed by atoms with E-state index >= 15 is 0 Å². The van der Waals surface area contributed by atoms with Gasteiger partial charge in [-0.3, -0.25) is 9.89 Å². The fourth-order valence-corrected chi connectivity index (χ4v) is 3.38. The minimum absolute atomic E-state index is 0. The van der Waals surface area contributed by atoms with Crippen LogP contribution in [0.15, 0.2) is 4.99 Å². The lowest BCUT2D eigenvalue weighted by Gasteiger charge is -2.35. The van der Waals surface area contributed by atoms with Gasteiger partial charge >= 0.3 is 0 Å². The Hall–Kier alpha value is -0.0800. The molecule has 0 aromatic carbocycles. The van der Waals surface area contributed by atoms with Crippen LogP contribution in [0.4, 0.5) is 0 Å². The average molecular weight is 424 g/mol. The van der Waals surface area contributed by atoms with Crippen LogP contribution in [0.5, 0.6) is 0 Å². The first kappa shape index (κ1) is 20.0. The van der Waals surface area contributed by atoms with Gasteiger partial charge < -0.3 is 15.3 Å². The summed E-state index contributed by atoms with van der Waals surface area (Å²) in [6, 6.07) is 0.604. The van der Waals surface area contributed by atoms with Crippen molar-refractivity contribution in [2.45, 2.75) is 58.1 Å². The molecule has 0 saturated carbocycles. The largest absolute Gasteiger partial charge is 0.393 e. The Labute approximate surface area is 152 Å². The summed E-state index contributed by atoms with van der Waals surface area (Å²) in [7, 11) is 0. The van der Waals surface area contributed by atoms with Crippen LogP contribution in [0.3, 0.4) is 0 Å². The lowest BCUT2D eigenvalue weighted by Crippen LogP contribution is -2.47. The van der Waals surface area contributed by atoms with E-state index in [0.717, 1.165) is 51.5 Å². The smallest absolute Gasteiger partial charge is 0.193 e. The molecule has 1 unspecified atom stereocenters. The summed E-state index contributed by atoms with van der Waals surface area (Å²) >= 11 is 0. The Balaban J connectivity index is 0.00000242. The van der Waals surface area contributed by atoms with Gasteiger partial charge in [-0.2, -0.15) is 0 Å². The van der Waals surface area contributed by atoms with Gasteiger partial charge in [0.05, 0.1) is 12.6 Å². The van der Waals surface area contributed by atoms with Crippen molar-refractivity contribution in [3.63, 3.8) is 0 Å². The summed E-state index contributed by atoms with van der Waals surface area (Å²) < 4.78 is 0. The molecule has 0 spiro atoms. The molecule has 22 heavy (non-hydrogen) atoms. The molecule has 1 atom stereocenters. The number of likely N-dealkylation sites (N-methyl/N-ethyl adjacent to an activating group) is 1. The van der Waals surface area contributed by atoms with Gasteiger partial charge in [0.1, 0.15) is 0 Å². The molecule has 2 fully saturated rings. The van der Waals surface area contributed by atoms with E-state index in [1.807, 2.05) is 0 Å². The molecule has 2 saturated heterocycles. The monoisotopic (exact) mass is 424 g/mol. The second-order valence-electron chi connectivity index (χ2n) is 6.19. The predicted octanol–water partition coefficient (Wildman–Crippen LogP) is 1.90. The highest BCUT2D eigenvalue weighted by molar-refractivity contribution is 14.0. The van der Waals surface area contributed by atoms with Crippen molar-refractivity contribution in [1.29, 1.82) is 0 Å². The highest BCUT2D eigenvalue weighted by Gasteiger charge is 2.22. The van der Waals surface area contributed by atoms with E-state index in [4.69, 9.17) is 4.99 Å². The van der Waals surface area contributed by atoms with E-state index in [9.17, 15) is 5.11 Å². The molecule has 0 bridgehead atoms. The number of hydrogen-bond donors (Lipinski definition) is 2. The maximum atomic E-state index is 9.65. The van der Waals surface area contributed by atoms with Crippen molar-refractivity contribution in [1.82, 2.24) is 15.1 Å². The summed E-state index contributed by atoms with van der Waals surface area (Å²) in [5, 5.41) is 13.1.